The molecule has 0 unspecified atom stereocenters. The molecule has 0 aliphatic carbocycles. The number of benzene rings is 2. The predicted molar refractivity (Wildman–Crippen MR) is 116 cm³/mol. The molecule has 0 amide bonds. The van der Waals surface area contributed by atoms with Crippen LogP contribution < -0.4 is 9.80 Å². The third kappa shape index (κ3) is 3.45. The lowest BCUT2D eigenvalue weighted by atomic mass is 9.97. The molecule has 0 fully saturated rings. The van der Waals surface area contributed by atoms with Crippen LogP contribution in [0.15, 0.2) is 76.0 Å². The summed E-state index contributed by atoms with van der Waals surface area (Å²) in [7, 11) is 7.66. The summed E-state index contributed by atoms with van der Waals surface area (Å²) in [6, 6.07) is 17.2. The van der Waals surface area contributed by atoms with Crippen molar-refractivity contribution in [2.24, 2.45) is 15.3 Å². The maximum atomic E-state index is 15.2. The van der Waals surface area contributed by atoms with Gasteiger partial charge in [-0.15, -0.1) is 10.2 Å². The van der Waals surface area contributed by atoms with Crippen molar-refractivity contribution < 1.29 is 13.2 Å². The van der Waals surface area contributed by atoms with Crippen LogP contribution in [0.1, 0.15) is 0 Å². The highest BCUT2D eigenvalue weighted by Gasteiger charge is 2.54. The Morgan fingerprint density at radius 1 is 0.800 bits per heavy atom. The van der Waals surface area contributed by atoms with Gasteiger partial charge in [0.15, 0.2) is 11.5 Å². The number of hydrogen-bond donors (Lipinski definition) is 0. The van der Waals surface area contributed by atoms with E-state index >= 15 is 8.63 Å². The van der Waals surface area contributed by atoms with Gasteiger partial charge >= 0.3 is 6.97 Å². The molecule has 0 spiro atoms. The summed E-state index contributed by atoms with van der Waals surface area (Å²) < 4.78 is 32.1. The molecule has 1 aromatic heterocycles. The highest BCUT2D eigenvalue weighted by atomic mass is 19.2. The van der Waals surface area contributed by atoms with Crippen molar-refractivity contribution in [3.63, 3.8) is 0 Å². The number of nitrogens with zero attached hydrogens (tertiary/aromatic N) is 7. The summed E-state index contributed by atoms with van der Waals surface area (Å²) in [5, 5.41) is 12.3. The lowest BCUT2D eigenvalue weighted by molar-refractivity contribution is -0.396. The second-order valence-electron chi connectivity index (χ2n) is 7.47. The minimum atomic E-state index is -4.17. The van der Waals surface area contributed by atoms with Crippen molar-refractivity contribution in [2.45, 2.75) is 0 Å². The Kier molecular flexibility index (Phi) is 4.85. The van der Waals surface area contributed by atoms with E-state index in [9.17, 15) is 0 Å². The molecule has 2 aromatic carbocycles. The van der Waals surface area contributed by atoms with E-state index in [-0.39, 0.29) is 11.6 Å². The first-order chi connectivity index (χ1) is 14.3. The van der Waals surface area contributed by atoms with E-state index in [2.05, 4.69) is 15.3 Å². The minimum Gasteiger partial charge on any atom is -0.388 e. The predicted octanol–water partition coefficient (Wildman–Crippen LogP) is 5.70. The molecule has 4 rings (SSSR count). The van der Waals surface area contributed by atoms with Crippen molar-refractivity contribution in [3.05, 3.63) is 60.7 Å². The third-order valence-corrected chi connectivity index (χ3v) is 4.95. The maximum absolute atomic E-state index is 15.2. The topological polar surface area (TPSA) is 51.5 Å². The van der Waals surface area contributed by atoms with E-state index in [4.69, 9.17) is 0 Å². The van der Waals surface area contributed by atoms with Crippen LogP contribution in [0.5, 0.6) is 0 Å². The molecule has 0 atom stereocenters. The van der Waals surface area contributed by atoms with E-state index in [1.54, 1.807) is 36.4 Å². The summed E-state index contributed by atoms with van der Waals surface area (Å²) >= 11 is 0. The first-order valence-corrected chi connectivity index (χ1v) is 9.48. The fourth-order valence-corrected chi connectivity index (χ4v) is 3.26. The van der Waals surface area contributed by atoms with Crippen LogP contribution in [0.2, 0.25) is 0 Å². The van der Waals surface area contributed by atoms with Crippen molar-refractivity contribution in [1.29, 1.82) is 0 Å². The number of rotatable bonds is 5. The zero-order valence-electron chi connectivity index (χ0n) is 17.2. The number of hydrogen-bond acceptors (Lipinski definition) is 5. The van der Waals surface area contributed by atoms with Gasteiger partial charge in [0.2, 0.25) is 0 Å². The number of anilines is 2. The smallest absolute Gasteiger partial charge is 0.388 e. The van der Waals surface area contributed by atoms with Crippen LogP contribution in [0, 0.1) is 0 Å². The minimum absolute atomic E-state index is 0.0582. The normalized spacial score (nSPS) is 14.7. The maximum Gasteiger partial charge on any atom is 0.764 e. The van der Waals surface area contributed by atoms with Gasteiger partial charge < -0.3 is 22.9 Å². The van der Waals surface area contributed by atoms with Crippen LogP contribution >= 0.6 is 0 Å². The number of azo groups is 2. The summed E-state index contributed by atoms with van der Waals surface area (Å²) in [5.74, 6) is 0.205. The molecule has 0 saturated heterocycles. The Morgan fingerprint density at radius 3 is 1.93 bits per heavy atom. The van der Waals surface area contributed by atoms with Crippen LogP contribution in [0.25, 0.3) is 0 Å². The Labute approximate surface area is 173 Å². The second kappa shape index (κ2) is 7.36. The van der Waals surface area contributed by atoms with Crippen LogP contribution in [0.4, 0.5) is 43.0 Å². The zero-order valence-corrected chi connectivity index (χ0v) is 17.2. The number of halogens is 2. The molecule has 0 bridgehead atoms. The largest absolute Gasteiger partial charge is 0.764 e. The molecule has 2 heterocycles. The Balaban J connectivity index is 1.61. The van der Waals surface area contributed by atoms with Crippen molar-refractivity contribution in [3.8, 4) is 0 Å². The van der Waals surface area contributed by atoms with Crippen molar-refractivity contribution in [2.75, 3.05) is 38.0 Å². The first kappa shape index (κ1) is 19.7. The molecule has 7 nitrogen and oxygen atoms in total. The highest BCUT2D eigenvalue weighted by molar-refractivity contribution is 6.58. The fourth-order valence-electron chi connectivity index (χ4n) is 3.26. The molecule has 3 aromatic rings. The van der Waals surface area contributed by atoms with Crippen LogP contribution in [0.3, 0.4) is 0 Å². The van der Waals surface area contributed by atoms with Gasteiger partial charge in [-0.25, -0.2) is 4.61 Å². The number of fused-ring (bicyclic) bond motifs is 1. The van der Waals surface area contributed by atoms with Gasteiger partial charge in [-0.2, -0.15) is 0 Å². The van der Waals surface area contributed by atoms with Gasteiger partial charge in [0.1, 0.15) is 5.82 Å². The van der Waals surface area contributed by atoms with E-state index in [0.717, 1.165) is 20.5 Å². The number of aromatic nitrogens is 1. The average Bonchev–Trinajstić information content (AvgIpc) is 3.25. The molecule has 10 heteroatoms. The van der Waals surface area contributed by atoms with Gasteiger partial charge in [0, 0.05) is 51.7 Å². The Bertz CT molecular complexity index is 1120. The van der Waals surface area contributed by atoms with Gasteiger partial charge in [-0.1, -0.05) is 0 Å². The average molecular weight is 409 g/mol. The molecule has 30 heavy (non-hydrogen) atoms. The van der Waals surface area contributed by atoms with Crippen molar-refractivity contribution >= 4 is 41.4 Å². The first-order valence-electron chi connectivity index (χ1n) is 9.48. The van der Waals surface area contributed by atoms with E-state index in [1.807, 2.05) is 50.1 Å². The fraction of sp³-hybridized carbons (Fsp3) is 0.200. The van der Waals surface area contributed by atoms with E-state index in [0.29, 0.717) is 11.4 Å². The zero-order chi connectivity index (χ0) is 21.5. The van der Waals surface area contributed by atoms with Crippen LogP contribution in [-0.4, -0.2) is 44.2 Å². The monoisotopic (exact) mass is 409 g/mol. The summed E-state index contributed by atoms with van der Waals surface area (Å²) in [5.41, 5.74) is 2.83. The molecular formula is C20H22BF2N7. The van der Waals surface area contributed by atoms with E-state index < -0.39 is 6.97 Å². The lowest BCUT2D eigenvalue weighted by Gasteiger charge is -2.17. The highest BCUT2D eigenvalue weighted by Crippen LogP contribution is 2.40. The summed E-state index contributed by atoms with van der Waals surface area (Å²) in [6.45, 7) is -4.17. The third-order valence-electron chi connectivity index (χ3n) is 4.95. The van der Waals surface area contributed by atoms with E-state index in [1.165, 1.54) is 12.1 Å². The SMILES string of the molecule is CN(C)c1ccc(N=Nc2ccc3n2[B-](F)(F)[N+](c2ccc(N(C)C)cc2)=N3)cc1. The van der Waals surface area contributed by atoms with Gasteiger partial charge in [-0.3, -0.25) is 0 Å². The Hall–Kier alpha value is -3.56. The molecule has 1 aliphatic heterocycles. The van der Waals surface area contributed by atoms with Gasteiger partial charge in [0.25, 0.3) is 0 Å². The van der Waals surface area contributed by atoms with Crippen molar-refractivity contribution in [1.82, 2.24) is 4.48 Å². The van der Waals surface area contributed by atoms with Gasteiger partial charge in [0.05, 0.1) is 5.69 Å². The molecule has 0 N–H and O–H groups in total. The molecule has 154 valence electrons. The van der Waals surface area contributed by atoms with Gasteiger partial charge in [-0.05, 0) is 53.6 Å². The molecular weight excluding hydrogens is 387 g/mol. The summed E-state index contributed by atoms with van der Waals surface area (Å²) in [6.07, 6.45) is 0. The molecule has 1 aliphatic rings. The quantitative estimate of drug-likeness (QED) is 0.401. The molecule has 0 saturated carbocycles. The second-order valence-corrected chi connectivity index (χ2v) is 7.47. The van der Waals surface area contributed by atoms with Crippen LogP contribution in [-0.2, 0) is 0 Å². The standard InChI is InChI=1S/C20H22BF2N7/c1-27(2)16-7-5-15(6-8-16)24-25-19-13-14-20-26-30(21(22,23)29(19)20)18-11-9-17(10-12-18)28(3)4/h5-14H,1-4H3. The summed E-state index contributed by atoms with van der Waals surface area (Å²) in [4.78, 5) is 3.87. The Morgan fingerprint density at radius 2 is 1.37 bits per heavy atom. The lowest BCUT2D eigenvalue weighted by Crippen LogP contribution is -2.40. The molecule has 0 radical (unpaired) electrons.